The number of amides is 1. The lowest BCUT2D eigenvalue weighted by molar-refractivity contribution is -0.384. The number of anilines is 1. The van der Waals surface area contributed by atoms with E-state index >= 15 is 0 Å². The van der Waals surface area contributed by atoms with Gasteiger partial charge in [-0.15, -0.1) is 0 Å². The summed E-state index contributed by atoms with van der Waals surface area (Å²) >= 11 is 0. The van der Waals surface area contributed by atoms with Crippen LogP contribution in [0.3, 0.4) is 0 Å². The van der Waals surface area contributed by atoms with Crippen LogP contribution in [-0.2, 0) is 4.79 Å². The van der Waals surface area contributed by atoms with E-state index in [4.69, 9.17) is 13.9 Å². The molecule has 0 atom stereocenters. The lowest BCUT2D eigenvalue weighted by Gasteiger charge is -2.12. The molecule has 30 heavy (non-hydrogen) atoms. The van der Waals surface area contributed by atoms with E-state index in [0.29, 0.717) is 29.2 Å². The van der Waals surface area contributed by atoms with Crippen LogP contribution in [0.1, 0.15) is 25.0 Å². The van der Waals surface area contributed by atoms with Crippen LogP contribution in [0.2, 0.25) is 0 Å². The smallest absolute Gasteiger partial charge is 0.273 e. The molecule has 3 aromatic rings. The number of rotatable bonds is 7. The zero-order valence-electron chi connectivity index (χ0n) is 17.1. The number of nitro groups is 1. The van der Waals surface area contributed by atoms with Crippen molar-refractivity contribution in [2.24, 2.45) is 0 Å². The van der Waals surface area contributed by atoms with Crippen molar-refractivity contribution in [3.8, 4) is 11.5 Å². The molecule has 0 saturated heterocycles. The Balaban J connectivity index is 1.91. The number of ether oxygens (including phenoxy) is 2. The fourth-order valence-electron chi connectivity index (χ4n) is 3.11. The number of non-ortho nitro benzene ring substituents is 1. The molecule has 0 saturated carbocycles. The van der Waals surface area contributed by atoms with Crippen molar-refractivity contribution in [1.29, 1.82) is 0 Å². The molecular weight excluding hydrogens is 388 g/mol. The van der Waals surface area contributed by atoms with Gasteiger partial charge in [0.1, 0.15) is 17.1 Å². The van der Waals surface area contributed by atoms with E-state index in [1.165, 1.54) is 31.4 Å². The minimum Gasteiger partial charge on any atom is -0.494 e. The minimum absolute atomic E-state index is 0.123. The molecule has 8 nitrogen and oxygen atoms in total. The number of aryl methyl sites for hydroxylation is 1. The molecule has 0 unspecified atom stereocenters. The summed E-state index contributed by atoms with van der Waals surface area (Å²) in [6.07, 6.45) is 3.12. The molecule has 1 amide bonds. The predicted octanol–water partition coefficient (Wildman–Crippen LogP) is 5.10. The zero-order chi connectivity index (χ0) is 21.8. The molecule has 3 rings (SSSR count). The number of hydrogen-bond acceptors (Lipinski definition) is 6. The maximum absolute atomic E-state index is 12.6. The van der Waals surface area contributed by atoms with Gasteiger partial charge in [0.15, 0.2) is 0 Å². The molecule has 1 aromatic heterocycles. The molecule has 1 heterocycles. The van der Waals surface area contributed by atoms with Crippen molar-refractivity contribution >= 4 is 33.8 Å². The van der Waals surface area contributed by atoms with Crippen LogP contribution in [0.15, 0.2) is 47.1 Å². The number of fused-ring (bicyclic) bond motifs is 1. The third-order valence-corrected chi connectivity index (χ3v) is 4.60. The largest absolute Gasteiger partial charge is 0.494 e. The first-order valence-corrected chi connectivity index (χ1v) is 9.30. The summed E-state index contributed by atoms with van der Waals surface area (Å²) in [5.41, 5.74) is 3.39. The number of furan rings is 1. The molecule has 2 aromatic carbocycles. The van der Waals surface area contributed by atoms with E-state index in [0.717, 1.165) is 16.5 Å². The van der Waals surface area contributed by atoms with E-state index in [2.05, 4.69) is 5.32 Å². The average molecular weight is 410 g/mol. The van der Waals surface area contributed by atoms with Crippen LogP contribution >= 0.6 is 0 Å². The molecule has 0 aliphatic rings. The number of hydrogen-bond donors (Lipinski definition) is 1. The van der Waals surface area contributed by atoms with Crippen LogP contribution in [-0.4, -0.2) is 24.5 Å². The standard InChI is InChI=1S/C22H22N2O6/c1-5-29-19-11-20-17(14(3)12-30-20)10-16(19)13(2)8-22(25)23-18-7-6-15(24(26)27)9-21(18)28-4/h6-12H,5H2,1-4H3,(H,23,25)/b13-8+. The number of nitro benzene ring substituents is 1. The Hall–Kier alpha value is -3.81. The molecule has 0 fully saturated rings. The Kier molecular flexibility index (Phi) is 6.06. The van der Waals surface area contributed by atoms with Crippen molar-refractivity contribution in [1.82, 2.24) is 0 Å². The molecule has 0 bridgehead atoms. The second-order valence-corrected chi connectivity index (χ2v) is 6.65. The molecule has 0 radical (unpaired) electrons. The van der Waals surface area contributed by atoms with Crippen molar-refractivity contribution in [2.45, 2.75) is 20.8 Å². The number of allylic oxidation sites excluding steroid dienone is 1. The number of carbonyl (C=O) groups is 1. The molecule has 0 aliphatic heterocycles. The van der Waals surface area contributed by atoms with Crippen LogP contribution in [0.5, 0.6) is 11.5 Å². The Labute approximate surface area is 173 Å². The highest BCUT2D eigenvalue weighted by Gasteiger charge is 2.15. The second kappa shape index (κ2) is 8.69. The molecule has 0 aliphatic carbocycles. The van der Waals surface area contributed by atoms with Crippen LogP contribution < -0.4 is 14.8 Å². The lowest BCUT2D eigenvalue weighted by Crippen LogP contribution is -2.10. The van der Waals surface area contributed by atoms with Gasteiger partial charge in [-0.1, -0.05) is 0 Å². The van der Waals surface area contributed by atoms with E-state index < -0.39 is 10.8 Å². The summed E-state index contributed by atoms with van der Waals surface area (Å²) in [4.78, 5) is 23.0. The van der Waals surface area contributed by atoms with Crippen molar-refractivity contribution in [3.63, 3.8) is 0 Å². The predicted molar refractivity (Wildman–Crippen MR) is 114 cm³/mol. The van der Waals surface area contributed by atoms with Gasteiger partial charge in [-0.3, -0.25) is 14.9 Å². The Bertz CT molecular complexity index is 1150. The van der Waals surface area contributed by atoms with E-state index in [9.17, 15) is 14.9 Å². The maximum Gasteiger partial charge on any atom is 0.273 e. The van der Waals surface area contributed by atoms with E-state index in [-0.39, 0.29) is 11.4 Å². The molecule has 1 N–H and O–H groups in total. The van der Waals surface area contributed by atoms with Gasteiger partial charge in [0, 0.05) is 29.2 Å². The first-order valence-electron chi connectivity index (χ1n) is 9.30. The van der Waals surface area contributed by atoms with Crippen molar-refractivity contribution in [3.05, 3.63) is 63.9 Å². The Morgan fingerprint density at radius 3 is 2.70 bits per heavy atom. The highest BCUT2D eigenvalue weighted by Crippen LogP contribution is 2.34. The number of benzene rings is 2. The Morgan fingerprint density at radius 2 is 2.03 bits per heavy atom. The number of nitrogens with one attached hydrogen (secondary N) is 1. The first kappa shape index (κ1) is 20.9. The zero-order valence-corrected chi connectivity index (χ0v) is 17.1. The second-order valence-electron chi connectivity index (χ2n) is 6.65. The lowest BCUT2D eigenvalue weighted by atomic mass is 10.0. The Morgan fingerprint density at radius 1 is 1.27 bits per heavy atom. The highest BCUT2D eigenvalue weighted by molar-refractivity contribution is 6.05. The quantitative estimate of drug-likeness (QED) is 0.330. The normalized spacial score (nSPS) is 11.4. The van der Waals surface area contributed by atoms with E-state index in [1.807, 2.05) is 32.9 Å². The summed E-state index contributed by atoms with van der Waals surface area (Å²) in [6.45, 7) is 6.11. The topological polar surface area (TPSA) is 104 Å². The summed E-state index contributed by atoms with van der Waals surface area (Å²) in [6, 6.07) is 7.75. The summed E-state index contributed by atoms with van der Waals surface area (Å²) in [5.74, 6) is 0.425. The van der Waals surface area contributed by atoms with Gasteiger partial charge in [0.2, 0.25) is 5.91 Å². The van der Waals surface area contributed by atoms with Crippen LogP contribution in [0.25, 0.3) is 16.5 Å². The first-order chi connectivity index (χ1) is 14.3. The summed E-state index contributed by atoms with van der Waals surface area (Å²) in [5, 5.41) is 14.6. The molecule has 0 spiro atoms. The van der Waals surface area contributed by atoms with Gasteiger partial charge in [-0.2, -0.15) is 0 Å². The molecule has 156 valence electrons. The summed E-state index contributed by atoms with van der Waals surface area (Å²) in [7, 11) is 1.38. The van der Waals surface area contributed by atoms with Gasteiger partial charge in [-0.05, 0) is 44.0 Å². The van der Waals surface area contributed by atoms with Gasteiger partial charge >= 0.3 is 0 Å². The van der Waals surface area contributed by atoms with Gasteiger partial charge in [0.25, 0.3) is 5.69 Å². The van der Waals surface area contributed by atoms with Crippen LogP contribution in [0.4, 0.5) is 11.4 Å². The number of methoxy groups -OCH3 is 1. The number of nitrogens with zero attached hydrogens (tertiary/aromatic N) is 1. The molecular formula is C22H22N2O6. The number of carbonyl (C=O) groups excluding carboxylic acids is 1. The molecule has 8 heteroatoms. The van der Waals surface area contributed by atoms with Gasteiger partial charge < -0.3 is 19.2 Å². The van der Waals surface area contributed by atoms with Crippen molar-refractivity contribution in [2.75, 3.05) is 19.0 Å². The van der Waals surface area contributed by atoms with Gasteiger partial charge in [0.05, 0.1) is 36.7 Å². The fraction of sp³-hybridized carbons (Fsp3) is 0.227. The van der Waals surface area contributed by atoms with Gasteiger partial charge in [-0.25, -0.2) is 0 Å². The third-order valence-electron chi connectivity index (χ3n) is 4.60. The highest BCUT2D eigenvalue weighted by atomic mass is 16.6. The van der Waals surface area contributed by atoms with Crippen LogP contribution in [0, 0.1) is 17.0 Å². The van der Waals surface area contributed by atoms with E-state index in [1.54, 1.807) is 6.26 Å². The van der Waals surface area contributed by atoms with Crippen molar-refractivity contribution < 1.29 is 23.6 Å². The third kappa shape index (κ3) is 4.27. The monoisotopic (exact) mass is 410 g/mol. The fourth-order valence-corrected chi connectivity index (χ4v) is 3.11. The average Bonchev–Trinajstić information content (AvgIpc) is 3.07. The SMILES string of the molecule is CCOc1cc2occ(C)c2cc1/C(C)=C/C(=O)Nc1ccc([N+](=O)[O-])cc1OC. The maximum atomic E-state index is 12.6. The minimum atomic E-state index is -0.526. The summed E-state index contributed by atoms with van der Waals surface area (Å²) < 4.78 is 16.4.